The third-order valence-corrected chi connectivity index (χ3v) is 7.58. The van der Waals surface area contributed by atoms with Crippen LogP contribution in [0.1, 0.15) is 52.9 Å². The lowest BCUT2D eigenvalue weighted by atomic mass is 9.62. The number of methoxy groups -OCH3 is 1. The number of aliphatic hydroxyl groups excluding tert-OH is 2. The summed E-state index contributed by atoms with van der Waals surface area (Å²) in [5, 5.41) is 18.2. The highest BCUT2D eigenvalue weighted by Crippen LogP contribution is 2.65. The van der Waals surface area contributed by atoms with Crippen molar-refractivity contribution in [3.05, 3.63) is 35.5 Å². The molecular weight excluding hydrogens is 472 g/mol. The molecule has 1 saturated heterocycles. The molecule has 5 atom stereocenters. The summed E-state index contributed by atoms with van der Waals surface area (Å²) in [5.74, 6) is -2.54. The maximum atomic E-state index is 13.6. The second-order valence-electron chi connectivity index (χ2n) is 9.80. The second kappa shape index (κ2) is 10.6. The van der Waals surface area contributed by atoms with Gasteiger partial charge in [-0.3, -0.25) is 9.59 Å². The molecule has 3 rings (SSSR count). The zero-order chi connectivity index (χ0) is 26.7. The van der Waals surface area contributed by atoms with E-state index in [1.54, 1.807) is 25.2 Å². The van der Waals surface area contributed by atoms with Crippen molar-refractivity contribution in [3.63, 3.8) is 0 Å². The molecule has 2 bridgehead atoms. The molecule has 0 aromatic carbocycles. The molecule has 10 heteroatoms. The Bertz CT molecular complexity index is 1010. The van der Waals surface area contributed by atoms with Crippen molar-refractivity contribution in [2.24, 2.45) is 11.3 Å². The Labute approximate surface area is 209 Å². The molecule has 36 heavy (non-hydrogen) atoms. The summed E-state index contributed by atoms with van der Waals surface area (Å²) in [7, 11) is 1.30. The van der Waals surface area contributed by atoms with E-state index in [0.29, 0.717) is 18.4 Å². The van der Waals surface area contributed by atoms with Crippen molar-refractivity contribution in [3.8, 4) is 0 Å². The summed E-state index contributed by atoms with van der Waals surface area (Å²) >= 11 is 0. The highest BCUT2D eigenvalue weighted by molar-refractivity contribution is 5.90. The predicted molar refractivity (Wildman–Crippen MR) is 125 cm³/mol. The molecular formula is C26H34O10. The molecule has 0 amide bonds. The van der Waals surface area contributed by atoms with Gasteiger partial charge >= 0.3 is 23.9 Å². The van der Waals surface area contributed by atoms with Gasteiger partial charge in [-0.15, -0.1) is 0 Å². The maximum Gasteiger partial charge on any atom is 0.333 e. The van der Waals surface area contributed by atoms with Gasteiger partial charge in [-0.25, -0.2) is 9.59 Å². The van der Waals surface area contributed by atoms with Gasteiger partial charge in [-0.2, -0.15) is 0 Å². The van der Waals surface area contributed by atoms with Gasteiger partial charge < -0.3 is 29.2 Å². The molecule has 2 fully saturated rings. The Morgan fingerprint density at radius 1 is 1.28 bits per heavy atom. The Hall–Kier alpha value is -2.98. The Kier molecular flexibility index (Phi) is 8.10. The number of esters is 4. The number of aliphatic hydroxyl groups is 2. The number of hydrogen-bond acceptors (Lipinski definition) is 10. The zero-order valence-electron chi connectivity index (χ0n) is 21.1. The summed E-state index contributed by atoms with van der Waals surface area (Å²) in [5.41, 5.74) is -2.74. The summed E-state index contributed by atoms with van der Waals surface area (Å²) in [4.78, 5) is 50.2. The number of carbonyl (C=O) groups excluding carboxylic acids is 4. The van der Waals surface area contributed by atoms with Crippen LogP contribution in [-0.4, -0.2) is 71.7 Å². The first-order valence-electron chi connectivity index (χ1n) is 12.0. The topological polar surface area (TPSA) is 146 Å². The van der Waals surface area contributed by atoms with Gasteiger partial charge in [0.1, 0.15) is 29.3 Å². The Balaban J connectivity index is 1.91. The van der Waals surface area contributed by atoms with E-state index in [9.17, 15) is 24.3 Å². The number of ether oxygens (including phenoxy) is 4. The summed E-state index contributed by atoms with van der Waals surface area (Å²) in [6, 6.07) is 0. The third kappa shape index (κ3) is 4.84. The van der Waals surface area contributed by atoms with Gasteiger partial charge in [-0.05, 0) is 52.0 Å². The molecule has 1 aliphatic heterocycles. The highest BCUT2D eigenvalue weighted by atomic mass is 16.6. The first kappa shape index (κ1) is 27.6. The fraction of sp³-hybridized carbons (Fsp3) is 0.615. The first-order valence-corrected chi connectivity index (χ1v) is 12.0. The van der Waals surface area contributed by atoms with Crippen LogP contribution >= 0.6 is 0 Å². The highest BCUT2D eigenvalue weighted by Gasteiger charge is 2.74. The molecule has 3 aliphatic rings. The van der Waals surface area contributed by atoms with Crippen molar-refractivity contribution in [2.45, 2.75) is 70.2 Å². The van der Waals surface area contributed by atoms with Crippen molar-refractivity contribution in [2.75, 3.05) is 20.3 Å². The standard InChI is InChI=1S/C26H34O10/c1-16(21(30)34-15-19(29)14-27)6-5-10-24(3)20-9-12-25(23(32)36-24)11-7-18(22(31)33-4)8-13-26(20,25)35-17(2)28/h5-7,10,19-20,27,29H,8-9,11-15H2,1-4H3/b10-5+,16-6+/t19-,20+,24+,25-,26+/m1/s1. The molecule has 0 spiro atoms. The normalized spacial score (nSPS) is 32.6. The number of cyclic esters (lactones) is 1. The molecule has 0 aromatic rings. The molecule has 1 saturated carbocycles. The monoisotopic (exact) mass is 506 g/mol. The molecule has 10 nitrogen and oxygen atoms in total. The van der Waals surface area contributed by atoms with Gasteiger partial charge in [-0.1, -0.05) is 18.2 Å². The van der Waals surface area contributed by atoms with E-state index >= 15 is 0 Å². The van der Waals surface area contributed by atoms with E-state index < -0.39 is 53.2 Å². The van der Waals surface area contributed by atoms with Crippen molar-refractivity contribution in [1.29, 1.82) is 0 Å². The lowest BCUT2D eigenvalue weighted by molar-refractivity contribution is -0.235. The van der Waals surface area contributed by atoms with Crippen molar-refractivity contribution in [1.82, 2.24) is 0 Å². The van der Waals surface area contributed by atoms with E-state index in [1.807, 2.05) is 0 Å². The average Bonchev–Trinajstić information content (AvgIpc) is 2.98. The van der Waals surface area contributed by atoms with E-state index in [1.165, 1.54) is 27.0 Å². The van der Waals surface area contributed by atoms with Crippen molar-refractivity contribution >= 4 is 23.9 Å². The van der Waals surface area contributed by atoms with Gasteiger partial charge in [0, 0.05) is 24.0 Å². The van der Waals surface area contributed by atoms with Crippen LogP contribution in [0.25, 0.3) is 0 Å². The third-order valence-electron chi connectivity index (χ3n) is 7.58. The number of hydrogen-bond donors (Lipinski definition) is 2. The minimum absolute atomic E-state index is 0.199. The SMILES string of the molecule is COC(=O)C1=CC[C@]23CC[C@H]([C@@]2(OC(C)=O)CC1)[C@](C)(/C=C/C=C(\C)C(=O)OC[C@H](O)CO)OC3=O. The second-order valence-corrected chi connectivity index (χ2v) is 9.80. The average molecular weight is 507 g/mol. The summed E-state index contributed by atoms with van der Waals surface area (Å²) < 4.78 is 21.8. The van der Waals surface area contributed by atoms with Crippen LogP contribution in [0.3, 0.4) is 0 Å². The molecule has 0 radical (unpaired) electrons. The fourth-order valence-electron chi connectivity index (χ4n) is 5.79. The minimum Gasteiger partial charge on any atom is -0.466 e. The predicted octanol–water partition coefficient (Wildman–Crippen LogP) is 1.68. The van der Waals surface area contributed by atoms with Crippen molar-refractivity contribution < 1.29 is 48.3 Å². The summed E-state index contributed by atoms with van der Waals surface area (Å²) in [6.07, 6.45) is 7.02. The van der Waals surface area contributed by atoms with Crippen LogP contribution in [-0.2, 0) is 38.1 Å². The lowest BCUT2D eigenvalue weighted by Crippen LogP contribution is -2.65. The van der Waals surface area contributed by atoms with E-state index in [4.69, 9.17) is 24.1 Å². The van der Waals surface area contributed by atoms with Crippen LogP contribution in [0.4, 0.5) is 0 Å². The largest absolute Gasteiger partial charge is 0.466 e. The molecule has 1 heterocycles. The van der Waals surface area contributed by atoms with Gasteiger partial charge in [0.15, 0.2) is 0 Å². The zero-order valence-corrected chi connectivity index (χ0v) is 21.1. The molecule has 2 N–H and O–H groups in total. The Morgan fingerprint density at radius 2 is 2.00 bits per heavy atom. The molecule has 0 aromatic heterocycles. The van der Waals surface area contributed by atoms with Crippen LogP contribution < -0.4 is 0 Å². The fourth-order valence-corrected chi connectivity index (χ4v) is 5.79. The summed E-state index contributed by atoms with van der Waals surface area (Å²) in [6.45, 7) is 3.71. The van der Waals surface area contributed by atoms with Crippen LogP contribution in [0.2, 0.25) is 0 Å². The maximum absolute atomic E-state index is 13.6. The Morgan fingerprint density at radius 3 is 2.64 bits per heavy atom. The van der Waals surface area contributed by atoms with E-state index in [2.05, 4.69) is 0 Å². The van der Waals surface area contributed by atoms with Gasteiger partial charge in [0.2, 0.25) is 0 Å². The minimum atomic E-state index is -1.17. The number of allylic oxidation sites excluding steroid dienone is 3. The molecule has 198 valence electrons. The quantitative estimate of drug-likeness (QED) is 0.216. The first-order chi connectivity index (χ1) is 16.9. The van der Waals surface area contributed by atoms with Gasteiger partial charge in [0.25, 0.3) is 0 Å². The van der Waals surface area contributed by atoms with Crippen LogP contribution in [0.5, 0.6) is 0 Å². The van der Waals surface area contributed by atoms with Gasteiger partial charge in [0.05, 0.1) is 13.7 Å². The van der Waals surface area contributed by atoms with E-state index in [-0.39, 0.29) is 37.4 Å². The lowest BCUT2D eigenvalue weighted by Gasteiger charge is -2.54. The molecule has 0 unspecified atom stereocenters. The number of carbonyl (C=O) groups is 4. The van der Waals surface area contributed by atoms with E-state index in [0.717, 1.165) is 0 Å². The van der Waals surface area contributed by atoms with Crippen LogP contribution in [0.15, 0.2) is 35.5 Å². The molecule has 2 aliphatic carbocycles. The smallest absolute Gasteiger partial charge is 0.333 e. The number of rotatable bonds is 8. The van der Waals surface area contributed by atoms with Crippen LogP contribution in [0, 0.1) is 11.3 Å².